The Bertz CT molecular complexity index is 981. The first-order chi connectivity index (χ1) is 17.4. The van der Waals surface area contributed by atoms with Gasteiger partial charge >= 0.3 is 0 Å². The van der Waals surface area contributed by atoms with Crippen molar-refractivity contribution in [2.24, 2.45) is 0 Å². The second kappa shape index (κ2) is 13.8. The van der Waals surface area contributed by atoms with Gasteiger partial charge < -0.3 is 14.7 Å². The van der Waals surface area contributed by atoms with Gasteiger partial charge in [-0.1, -0.05) is 77.3 Å². The van der Waals surface area contributed by atoms with Gasteiger partial charge in [0.1, 0.15) is 18.0 Å². The maximum absolute atomic E-state index is 13.1. The molecule has 2 N–H and O–H groups in total. The van der Waals surface area contributed by atoms with Crippen LogP contribution in [0.3, 0.4) is 0 Å². The SMILES string of the molecule is CCCCCCCC[N+](C)(CCCCCCCC)Cc1cc(O)c2c(c1)Cc1cccc(O)c1C2=O. The molecule has 1 aliphatic rings. The normalized spacial score (nSPS) is 13.0. The Morgan fingerprint density at radius 2 is 1.28 bits per heavy atom. The summed E-state index contributed by atoms with van der Waals surface area (Å²) >= 11 is 0. The Morgan fingerprint density at radius 1 is 0.722 bits per heavy atom. The minimum atomic E-state index is -0.273. The first-order valence-electron chi connectivity index (χ1n) is 14.4. The highest BCUT2D eigenvalue weighted by molar-refractivity contribution is 6.15. The molecular weight excluding hydrogens is 446 g/mol. The van der Waals surface area contributed by atoms with Crippen LogP contribution in [-0.4, -0.2) is 40.6 Å². The number of rotatable bonds is 16. The third-order valence-corrected chi connectivity index (χ3v) is 7.89. The van der Waals surface area contributed by atoms with Crippen molar-refractivity contribution in [3.8, 4) is 11.5 Å². The number of ketones is 1. The van der Waals surface area contributed by atoms with E-state index in [-0.39, 0.29) is 17.3 Å². The van der Waals surface area contributed by atoms with E-state index in [1.807, 2.05) is 6.07 Å². The first kappa shape index (κ1) is 28.2. The highest BCUT2D eigenvalue weighted by Crippen LogP contribution is 2.37. The van der Waals surface area contributed by atoms with Gasteiger partial charge in [-0.3, -0.25) is 4.79 Å². The third-order valence-electron chi connectivity index (χ3n) is 7.89. The standard InChI is InChI=1S/C32H47NO3/c1-4-6-8-10-12-14-19-33(3,20-15-13-11-9-7-5-2)24-25-21-27-23-26-17-16-18-28(34)30(26)32(36)31(27)29(35)22-25/h16-18,21-22H,4-15,19-20,23-24H2,1-3H3,(H-,34,35,36)/p+1. The molecule has 0 unspecified atom stereocenters. The summed E-state index contributed by atoms with van der Waals surface area (Å²) in [6.45, 7) is 7.68. The molecule has 2 aromatic rings. The molecule has 0 aromatic heterocycles. The molecule has 0 amide bonds. The Morgan fingerprint density at radius 3 is 1.89 bits per heavy atom. The number of phenols is 2. The van der Waals surface area contributed by atoms with Gasteiger partial charge in [0, 0.05) is 5.56 Å². The number of fused-ring (bicyclic) bond motifs is 2. The predicted molar refractivity (Wildman–Crippen MR) is 149 cm³/mol. The van der Waals surface area contributed by atoms with Gasteiger partial charge in [0.15, 0.2) is 0 Å². The van der Waals surface area contributed by atoms with E-state index in [9.17, 15) is 15.0 Å². The van der Waals surface area contributed by atoms with E-state index in [0.717, 1.165) is 40.8 Å². The molecule has 36 heavy (non-hydrogen) atoms. The molecule has 2 aromatic carbocycles. The molecule has 0 saturated heterocycles. The molecule has 0 fully saturated rings. The van der Waals surface area contributed by atoms with Crippen molar-refractivity contribution in [2.75, 3.05) is 20.1 Å². The Hall–Kier alpha value is -2.33. The Kier molecular flexibility index (Phi) is 10.9. The van der Waals surface area contributed by atoms with Crippen molar-refractivity contribution in [2.45, 2.75) is 104 Å². The minimum Gasteiger partial charge on any atom is -0.507 e. The summed E-state index contributed by atoms with van der Waals surface area (Å²) in [4.78, 5) is 13.1. The predicted octanol–water partition coefficient (Wildman–Crippen LogP) is 7.90. The Labute approximate surface area is 219 Å². The van der Waals surface area contributed by atoms with Crippen LogP contribution in [0, 0.1) is 0 Å². The molecule has 4 nitrogen and oxygen atoms in total. The summed E-state index contributed by atoms with van der Waals surface area (Å²) in [5.74, 6) is -0.231. The van der Waals surface area contributed by atoms with Crippen LogP contribution in [0.15, 0.2) is 30.3 Å². The lowest BCUT2D eigenvalue weighted by molar-refractivity contribution is -0.923. The zero-order valence-electron chi connectivity index (χ0n) is 23.0. The molecule has 3 rings (SSSR count). The summed E-state index contributed by atoms with van der Waals surface area (Å²) in [6, 6.07) is 9.14. The zero-order chi connectivity index (χ0) is 26.0. The summed E-state index contributed by atoms with van der Waals surface area (Å²) in [7, 11) is 2.37. The summed E-state index contributed by atoms with van der Waals surface area (Å²) < 4.78 is 0.977. The summed E-state index contributed by atoms with van der Waals surface area (Å²) in [5, 5.41) is 21.2. The van der Waals surface area contributed by atoms with Crippen molar-refractivity contribution >= 4 is 5.78 Å². The lowest BCUT2D eigenvalue weighted by atomic mass is 9.83. The number of hydrogen-bond donors (Lipinski definition) is 2. The average Bonchev–Trinajstić information content (AvgIpc) is 2.83. The maximum Gasteiger partial charge on any atom is 0.201 e. The largest absolute Gasteiger partial charge is 0.507 e. The minimum absolute atomic E-state index is 0.00579. The van der Waals surface area contributed by atoms with Crippen molar-refractivity contribution in [3.63, 3.8) is 0 Å². The number of aromatic hydroxyl groups is 2. The van der Waals surface area contributed by atoms with E-state index in [1.54, 1.807) is 18.2 Å². The van der Waals surface area contributed by atoms with Crippen LogP contribution in [0.2, 0.25) is 0 Å². The number of phenolic OH excluding ortho intramolecular Hbond substituents is 2. The fourth-order valence-electron chi connectivity index (χ4n) is 5.83. The first-order valence-corrected chi connectivity index (χ1v) is 14.4. The van der Waals surface area contributed by atoms with Gasteiger partial charge in [-0.15, -0.1) is 0 Å². The van der Waals surface area contributed by atoms with E-state index in [2.05, 4.69) is 27.0 Å². The average molecular weight is 495 g/mol. The van der Waals surface area contributed by atoms with Crippen LogP contribution in [0.1, 0.15) is 124 Å². The van der Waals surface area contributed by atoms with Crippen LogP contribution in [-0.2, 0) is 13.0 Å². The molecule has 0 bridgehead atoms. The number of carbonyl (C=O) groups is 1. The summed E-state index contributed by atoms with van der Waals surface area (Å²) in [5.41, 5.74) is 3.50. The zero-order valence-corrected chi connectivity index (χ0v) is 23.0. The molecule has 4 heteroatoms. The highest BCUT2D eigenvalue weighted by Gasteiger charge is 2.30. The van der Waals surface area contributed by atoms with Crippen LogP contribution >= 0.6 is 0 Å². The van der Waals surface area contributed by atoms with Crippen LogP contribution in [0.25, 0.3) is 0 Å². The van der Waals surface area contributed by atoms with Gasteiger partial charge in [-0.2, -0.15) is 0 Å². The molecule has 0 heterocycles. The molecule has 0 atom stereocenters. The maximum atomic E-state index is 13.1. The topological polar surface area (TPSA) is 57.5 Å². The van der Waals surface area contributed by atoms with E-state index in [4.69, 9.17) is 0 Å². The van der Waals surface area contributed by atoms with Gasteiger partial charge in [-0.05, 0) is 61.4 Å². The molecule has 0 spiro atoms. The molecule has 0 radical (unpaired) electrons. The second-order valence-electron chi connectivity index (χ2n) is 11.2. The van der Waals surface area contributed by atoms with Crippen molar-refractivity contribution in [1.82, 2.24) is 0 Å². The number of hydrogen-bond acceptors (Lipinski definition) is 3. The van der Waals surface area contributed by atoms with Gasteiger partial charge in [0.25, 0.3) is 0 Å². The number of benzene rings is 2. The van der Waals surface area contributed by atoms with E-state index < -0.39 is 0 Å². The fourth-order valence-corrected chi connectivity index (χ4v) is 5.83. The number of quaternary nitrogens is 1. The van der Waals surface area contributed by atoms with E-state index in [0.29, 0.717) is 17.5 Å². The van der Waals surface area contributed by atoms with Gasteiger partial charge in [0.05, 0.1) is 31.3 Å². The lowest BCUT2D eigenvalue weighted by Gasteiger charge is -2.35. The molecular formula is C32H48NO3+. The van der Waals surface area contributed by atoms with Crippen LogP contribution in [0.5, 0.6) is 11.5 Å². The monoisotopic (exact) mass is 494 g/mol. The number of carbonyl (C=O) groups excluding carboxylic acids is 1. The second-order valence-corrected chi connectivity index (χ2v) is 11.2. The molecule has 0 aliphatic heterocycles. The highest BCUT2D eigenvalue weighted by atomic mass is 16.3. The van der Waals surface area contributed by atoms with E-state index in [1.165, 1.54) is 77.0 Å². The van der Waals surface area contributed by atoms with E-state index >= 15 is 0 Å². The van der Waals surface area contributed by atoms with Crippen molar-refractivity contribution < 1.29 is 19.5 Å². The van der Waals surface area contributed by atoms with Crippen molar-refractivity contribution in [1.29, 1.82) is 0 Å². The third kappa shape index (κ3) is 7.59. The lowest BCUT2D eigenvalue weighted by Crippen LogP contribution is -2.44. The Balaban J connectivity index is 1.72. The molecule has 198 valence electrons. The van der Waals surface area contributed by atoms with Crippen LogP contribution < -0.4 is 0 Å². The number of unbranched alkanes of at least 4 members (excludes halogenated alkanes) is 10. The summed E-state index contributed by atoms with van der Waals surface area (Å²) in [6.07, 6.45) is 16.1. The van der Waals surface area contributed by atoms with Crippen molar-refractivity contribution in [3.05, 3.63) is 58.1 Å². The van der Waals surface area contributed by atoms with Gasteiger partial charge in [0.2, 0.25) is 5.78 Å². The van der Waals surface area contributed by atoms with Crippen LogP contribution in [0.4, 0.5) is 0 Å². The van der Waals surface area contributed by atoms with Gasteiger partial charge in [-0.25, -0.2) is 0 Å². The quantitative estimate of drug-likeness (QED) is 0.157. The fraction of sp³-hybridized carbons (Fsp3) is 0.594. The number of nitrogens with zero attached hydrogens (tertiary/aromatic N) is 1. The molecule has 1 aliphatic carbocycles. The molecule has 0 saturated carbocycles. The smallest absolute Gasteiger partial charge is 0.201 e.